The van der Waals surface area contributed by atoms with E-state index in [9.17, 15) is 5.11 Å². The lowest BCUT2D eigenvalue weighted by Crippen LogP contribution is -2.22. The normalized spacial score (nSPS) is 14.7. The molecule has 20 heavy (non-hydrogen) atoms. The van der Waals surface area contributed by atoms with Gasteiger partial charge in [-0.2, -0.15) is 0 Å². The Balaban J connectivity index is 3.60. The molecule has 114 valence electrons. The van der Waals surface area contributed by atoms with E-state index in [1.54, 1.807) is 0 Å². The van der Waals surface area contributed by atoms with Crippen molar-refractivity contribution in [1.82, 2.24) is 0 Å². The molecule has 0 spiro atoms. The van der Waals surface area contributed by atoms with Crippen LogP contribution in [0.2, 0.25) is 0 Å². The van der Waals surface area contributed by atoms with E-state index in [0.29, 0.717) is 11.7 Å². The number of nitrogens with two attached hydrogens (primary N) is 1. The fourth-order valence-corrected chi connectivity index (χ4v) is 2.27. The predicted octanol–water partition coefficient (Wildman–Crippen LogP) is 4.64. The van der Waals surface area contributed by atoms with Gasteiger partial charge in [-0.05, 0) is 33.9 Å². The van der Waals surface area contributed by atoms with Gasteiger partial charge in [0.05, 0.1) is 0 Å². The summed E-state index contributed by atoms with van der Waals surface area (Å²) >= 11 is 0. The summed E-state index contributed by atoms with van der Waals surface area (Å²) in [5.41, 5.74) is 9.33. The average molecular weight is 277 g/mol. The molecule has 2 nitrogen and oxygen atoms in total. The van der Waals surface area contributed by atoms with Crippen LogP contribution in [-0.2, 0) is 10.8 Å². The first-order valence-electron chi connectivity index (χ1n) is 7.49. The maximum Gasteiger partial charge on any atom is 0.124 e. The molecule has 0 saturated heterocycles. The minimum Gasteiger partial charge on any atom is -0.507 e. The summed E-state index contributed by atoms with van der Waals surface area (Å²) < 4.78 is 0. The Morgan fingerprint density at radius 2 is 1.45 bits per heavy atom. The second-order valence-corrected chi connectivity index (χ2v) is 8.23. The molecule has 0 amide bonds. The molecule has 2 heteroatoms. The monoisotopic (exact) mass is 277 g/mol. The zero-order chi connectivity index (χ0) is 15.9. The molecule has 0 unspecified atom stereocenters. The van der Waals surface area contributed by atoms with Gasteiger partial charge in [0.25, 0.3) is 0 Å². The van der Waals surface area contributed by atoms with Crippen LogP contribution in [0.1, 0.15) is 78.1 Å². The zero-order valence-corrected chi connectivity index (χ0v) is 14.3. The fourth-order valence-electron chi connectivity index (χ4n) is 2.27. The van der Waals surface area contributed by atoms with Crippen molar-refractivity contribution in [2.24, 2.45) is 11.7 Å². The number of phenolic OH excluding ortho intramolecular Hbond substituents is 1. The molecule has 0 saturated carbocycles. The lowest BCUT2D eigenvalue weighted by atomic mass is 9.77. The number of hydrogen-bond acceptors (Lipinski definition) is 2. The van der Waals surface area contributed by atoms with Gasteiger partial charge in [0.2, 0.25) is 0 Å². The standard InChI is InChI=1S/C18H31NO/c1-11(2)15(19)13-9-12(17(3,4)5)10-14(16(13)20)18(6,7)8/h9-11,15,20H,19H2,1-8H3/t15-/m0/s1. The Kier molecular flexibility index (Phi) is 4.60. The van der Waals surface area contributed by atoms with Crippen LogP contribution in [0.3, 0.4) is 0 Å². The van der Waals surface area contributed by atoms with Gasteiger partial charge in [-0.3, -0.25) is 0 Å². The molecule has 1 aromatic carbocycles. The van der Waals surface area contributed by atoms with Gasteiger partial charge in [0.1, 0.15) is 5.75 Å². The molecule has 0 heterocycles. The highest BCUT2D eigenvalue weighted by atomic mass is 16.3. The molecule has 1 aromatic rings. The Labute approximate surface area is 124 Å². The van der Waals surface area contributed by atoms with E-state index in [1.807, 2.05) is 0 Å². The number of aromatic hydroxyl groups is 1. The first kappa shape index (κ1) is 17.0. The molecule has 3 N–H and O–H groups in total. The van der Waals surface area contributed by atoms with E-state index in [4.69, 9.17) is 5.73 Å². The maximum atomic E-state index is 10.7. The number of benzene rings is 1. The van der Waals surface area contributed by atoms with Crippen LogP contribution in [0.15, 0.2) is 12.1 Å². The van der Waals surface area contributed by atoms with Crippen LogP contribution in [0.5, 0.6) is 5.75 Å². The summed E-state index contributed by atoms with van der Waals surface area (Å²) in [7, 11) is 0. The van der Waals surface area contributed by atoms with Crippen LogP contribution in [-0.4, -0.2) is 5.11 Å². The third kappa shape index (κ3) is 3.54. The Hall–Kier alpha value is -1.02. The van der Waals surface area contributed by atoms with Crippen molar-refractivity contribution in [3.05, 3.63) is 28.8 Å². The summed E-state index contributed by atoms with van der Waals surface area (Å²) in [6, 6.07) is 4.07. The molecule has 1 atom stereocenters. The first-order chi connectivity index (χ1) is 8.85. The van der Waals surface area contributed by atoms with Crippen LogP contribution in [0, 0.1) is 5.92 Å². The smallest absolute Gasteiger partial charge is 0.124 e. The van der Waals surface area contributed by atoms with Gasteiger partial charge in [0.15, 0.2) is 0 Å². The molecule has 0 aliphatic carbocycles. The molecule has 0 aromatic heterocycles. The van der Waals surface area contributed by atoms with Crippen LogP contribution in [0.25, 0.3) is 0 Å². The van der Waals surface area contributed by atoms with Gasteiger partial charge in [-0.25, -0.2) is 0 Å². The molecule has 0 radical (unpaired) electrons. The summed E-state index contributed by atoms with van der Waals surface area (Å²) in [4.78, 5) is 0. The van der Waals surface area contributed by atoms with E-state index in [2.05, 4.69) is 67.5 Å². The zero-order valence-electron chi connectivity index (χ0n) is 14.3. The van der Waals surface area contributed by atoms with E-state index in [0.717, 1.165) is 11.1 Å². The lowest BCUT2D eigenvalue weighted by molar-refractivity contribution is 0.417. The maximum absolute atomic E-state index is 10.7. The Morgan fingerprint density at radius 3 is 1.80 bits per heavy atom. The summed E-state index contributed by atoms with van der Waals surface area (Å²) in [5, 5.41) is 10.7. The second-order valence-electron chi connectivity index (χ2n) is 8.23. The minimum absolute atomic E-state index is 0.0408. The van der Waals surface area contributed by atoms with E-state index < -0.39 is 0 Å². The van der Waals surface area contributed by atoms with Gasteiger partial charge in [-0.15, -0.1) is 0 Å². The average Bonchev–Trinajstić information content (AvgIpc) is 2.24. The predicted molar refractivity (Wildman–Crippen MR) is 87.3 cm³/mol. The number of phenols is 1. The van der Waals surface area contributed by atoms with E-state index in [1.165, 1.54) is 5.56 Å². The fraction of sp³-hybridized carbons (Fsp3) is 0.667. The lowest BCUT2D eigenvalue weighted by Gasteiger charge is -2.29. The molecular formula is C18H31NO. The van der Waals surface area contributed by atoms with Crippen LogP contribution >= 0.6 is 0 Å². The highest BCUT2D eigenvalue weighted by molar-refractivity contribution is 5.50. The second kappa shape index (κ2) is 5.40. The van der Waals surface area contributed by atoms with Crippen molar-refractivity contribution in [3.8, 4) is 5.75 Å². The largest absolute Gasteiger partial charge is 0.507 e. The van der Waals surface area contributed by atoms with Crippen molar-refractivity contribution >= 4 is 0 Å². The highest BCUT2D eigenvalue weighted by Crippen LogP contribution is 2.40. The third-order valence-corrected chi connectivity index (χ3v) is 3.89. The van der Waals surface area contributed by atoms with Crippen LogP contribution < -0.4 is 5.73 Å². The molecular weight excluding hydrogens is 246 g/mol. The van der Waals surface area contributed by atoms with E-state index >= 15 is 0 Å². The van der Waals surface area contributed by atoms with Gasteiger partial charge in [0, 0.05) is 11.6 Å². The minimum atomic E-state index is -0.140. The number of rotatable bonds is 2. The quantitative estimate of drug-likeness (QED) is 0.827. The SMILES string of the molecule is CC(C)[C@H](N)c1cc(C(C)(C)C)cc(C(C)(C)C)c1O. The van der Waals surface area contributed by atoms with Crippen molar-refractivity contribution in [2.75, 3.05) is 0 Å². The molecule has 0 aliphatic rings. The Morgan fingerprint density at radius 1 is 0.950 bits per heavy atom. The summed E-state index contributed by atoms with van der Waals surface area (Å²) in [6.07, 6.45) is 0. The van der Waals surface area contributed by atoms with Crippen LogP contribution in [0.4, 0.5) is 0 Å². The third-order valence-electron chi connectivity index (χ3n) is 3.89. The number of hydrogen-bond donors (Lipinski definition) is 2. The van der Waals surface area contributed by atoms with Gasteiger partial charge in [-0.1, -0.05) is 61.5 Å². The summed E-state index contributed by atoms with van der Waals surface area (Å²) in [5.74, 6) is 0.663. The van der Waals surface area contributed by atoms with Crippen molar-refractivity contribution < 1.29 is 5.11 Å². The molecule has 0 bridgehead atoms. The topological polar surface area (TPSA) is 46.2 Å². The van der Waals surface area contributed by atoms with Gasteiger partial charge < -0.3 is 10.8 Å². The van der Waals surface area contributed by atoms with Crippen molar-refractivity contribution in [3.63, 3.8) is 0 Å². The van der Waals surface area contributed by atoms with Gasteiger partial charge >= 0.3 is 0 Å². The first-order valence-corrected chi connectivity index (χ1v) is 7.49. The highest BCUT2D eigenvalue weighted by Gasteiger charge is 2.27. The molecule has 0 fully saturated rings. The van der Waals surface area contributed by atoms with Crippen molar-refractivity contribution in [2.45, 2.75) is 72.3 Å². The molecule has 1 rings (SSSR count). The van der Waals surface area contributed by atoms with E-state index in [-0.39, 0.29) is 16.9 Å². The summed E-state index contributed by atoms with van der Waals surface area (Å²) in [6.45, 7) is 17.1. The Bertz CT molecular complexity index is 475. The molecule has 0 aliphatic heterocycles. The van der Waals surface area contributed by atoms with Crippen molar-refractivity contribution in [1.29, 1.82) is 0 Å².